The van der Waals surface area contributed by atoms with Crippen molar-refractivity contribution < 1.29 is 14.4 Å². The van der Waals surface area contributed by atoms with Gasteiger partial charge in [0.25, 0.3) is 5.91 Å². The van der Waals surface area contributed by atoms with Crippen LogP contribution in [0, 0.1) is 25.2 Å². The van der Waals surface area contributed by atoms with E-state index in [-0.39, 0.29) is 29.6 Å². The molecule has 1 saturated heterocycles. The van der Waals surface area contributed by atoms with Gasteiger partial charge in [-0.1, -0.05) is 54.6 Å². The fourth-order valence-corrected chi connectivity index (χ4v) is 7.14. The molecule has 1 fully saturated rings. The first-order valence-electron chi connectivity index (χ1n) is 13.4. The third kappa shape index (κ3) is 3.16. The second-order valence-corrected chi connectivity index (χ2v) is 11.2. The van der Waals surface area contributed by atoms with E-state index in [2.05, 4.69) is 29.6 Å². The van der Waals surface area contributed by atoms with E-state index in [0.717, 1.165) is 39.1 Å². The highest BCUT2D eigenvalue weighted by Gasteiger charge is 2.68. The van der Waals surface area contributed by atoms with Gasteiger partial charge in [0.15, 0.2) is 0 Å². The molecule has 0 radical (unpaired) electrons. The summed E-state index contributed by atoms with van der Waals surface area (Å²) in [4.78, 5) is 42.6. The average molecular weight is 513 g/mol. The predicted octanol–water partition coefficient (Wildman–Crippen LogP) is 6.34. The zero-order valence-corrected chi connectivity index (χ0v) is 22.1. The molecule has 39 heavy (non-hydrogen) atoms. The maximum absolute atomic E-state index is 14.2. The monoisotopic (exact) mass is 512 g/mol. The summed E-state index contributed by atoms with van der Waals surface area (Å²) in [6.07, 6.45) is 0. The lowest BCUT2D eigenvalue weighted by atomic mass is 9.48. The van der Waals surface area contributed by atoms with Gasteiger partial charge in [-0.05, 0) is 90.6 Å². The third-order valence-corrected chi connectivity index (χ3v) is 9.17. The highest BCUT2D eigenvalue weighted by Crippen LogP contribution is 2.67. The van der Waals surface area contributed by atoms with E-state index in [9.17, 15) is 14.4 Å². The van der Waals surface area contributed by atoms with Crippen molar-refractivity contribution in [3.63, 3.8) is 0 Å². The molecule has 0 aromatic heterocycles. The third-order valence-electron chi connectivity index (χ3n) is 9.17. The molecule has 5 heteroatoms. The Morgan fingerprint density at radius 1 is 0.769 bits per heavy atom. The number of carbonyl (C=O) groups excluding carboxylic acids is 3. The van der Waals surface area contributed by atoms with Crippen LogP contribution in [-0.4, -0.2) is 17.7 Å². The van der Waals surface area contributed by atoms with Crippen LogP contribution in [0.15, 0.2) is 91.0 Å². The van der Waals surface area contributed by atoms with Crippen molar-refractivity contribution in [3.05, 3.63) is 130 Å². The van der Waals surface area contributed by atoms with E-state index in [1.807, 2.05) is 63.2 Å². The lowest BCUT2D eigenvalue weighted by molar-refractivity contribution is -0.128. The number of hydrogen-bond acceptors (Lipinski definition) is 3. The number of rotatable bonds is 3. The maximum atomic E-state index is 14.2. The van der Waals surface area contributed by atoms with Gasteiger partial charge in [0.1, 0.15) is 0 Å². The fraction of sp³-hybridized carbons (Fsp3) is 0.206. The summed E-state index contributed by atoms with van der Waals surface area (Å²) in [5, 5.41) is 2.93. The summed E-state index contributed by atoms with van der Waals surface area (Å²) in [6.45, 7) is 6.00. The molecule has 5 nitrogen and oxygen atoms in total. The van der Waals surface area contributed by atoms with Crippen LogP contribution in [-0.2, 0) is 9.59 Å². The molecule has 2 atom stereocenters. The minimum Gasteiger partial charge on any atom is -0.322 e. The summed E-state index contributed by atoms with van der Waals surface area (Å²) in [7, 11) is 0. The lowest BCUT2D eigenvalue weighted by Crippen LogP contribution is -2.49. The zero-order valence-electron chi connectivity index (χ0n) is 22.1. The van der Waals surface area contributed by atoms with Gasteiger partial charge in [0, 0.05) is 23.1 Å². The molecule has 192 valence electrons. The molecule has 1 N–H and O–H groups in total. The normalized spacial score (nSPS) is 24.3. The van der Waals surface area contributed by atoms with Crippen LogP contribution < -0.4 is 10.2 Å². The quantitative estimate of drug-likeness (QED) is 0.326. The molecule has 8 rings (SSSR count). The maximum Gasteiger partial charge on any atom is 0.255 e. The number of hydrogen-bond donors (Lipinski definition) is 1. The molecule has 4 aromatic carbocycles. The summed E-state index contributed by atoms with van der Waals surface area (Å²) in [5.41, 5.74) is 7.62. The Balaban J connectivity index is 1.23. The first-order valence-corrected chi connectivity index (χ1v) is 13.4. The Hall–Kier alpha value is -4.51. The van der Waals surface area contributed by atoms with E-state index >= 15 is 0 Å². The smallest absolute Gasteiger partial charge is 0.255 e. The van der Waals surface area contributed by atoms with Gasteiger partial charge in [-0.3, -0.25) is 14.4 Å². The Bertz CT molecular complexity index is 1660. The molecule has 3 aliphatic carbocycles. The largest absolute Gasteiger partial charge is 0.322 e. The number of carbonyl (C=O) groups is 3. The first-order chi connectivity index (χ1) is 18.8. The van der Waals surface area contributed by atoms with Crippen molar-refractivity contribution in [1.29, 1.82) is 0 Å². The van der Waals surface area contributed by atoms with Gasteiger partial charge in [0.05, 0.1) is 17.0 Å². The number of imide groups is 1. The Labute approximate surface area is 227 Å². The van der Waals surface area contributed by atoms with Crippen LogP contribution in [0.1, 0.15) is 62.5 Å². The van der Waals surface area contributed by atoms with Crippen molar-refractivity contribution in [2.24, 2.45) is 11.3 Å². The van der Waals surface area contributed by atoms with E-state index in [1.54, 1.807) is 24.3 Å². The van der Waals surface area contributed by atoms with E-state index < -0.39 is 11.3 Å². The van der Waals surface area contributed by atoms with Crippen LogP contribution >= 0.6 is 0 Å². The molecule has 3 amide bonds. The van der Waals surface area contributed by atoms with Crippen molar-refractivity contribution in [1.82, 2.24) is 0 Å². The van der Waals surface area contributed by atoms with Gasteiger partial charge in [-0.15, -0.1) is 0 Å². The molecule has 1 heterocycles. The second-order valence-electron chi connectivity index (χ2n) is 11.2. The average Bonchev–Trinajstić information content (AvgIpc) is 3.16. The Morgan fingerprint density at radius 3 is 1.95 bits per heavy atom. The van der Waals surface area contributed by atoms with Crippen molar-refractivity contribution >= 4 is 29.1 Å². The topological polar surface area (TPSA) is 66.5 Å². The molecular formula is C34H28N2O3. The number of amides is 3. The molecule has 4 aromatic rings. The minimum atomic E-state index is -0.885. The van der Waals surface area contributed by atoms with Crippen LogP contribution in [0.4, 0.5) is 11.4 Å². The second kappa shape index (κ2) is 8.24. The van der Waals surface area contributed by atoms with Crippen LogP contribution in [0.2, 0.25) is 0 Å². The van der Waals surface area contributed by atoms with Crippen LogP contribution in [0.25, 0.3) is 0 Å². The summed E-state index contributed by atoms with van der Waals surface area (Å²) in [6, 6.07) is 29.0. The Kier molecular flexibility index (Phi) is 4.99. The molecule has 0 unspecified atom stereocenters. The highest BCUT2D eigenvalue weighted by molar-refractivity contribution is 6.25. The van der Waals surface area contributed by atoms with E-state index in [0.29, 0.717) is 11.3 Å². The van der Waals surface area contributed by atoms with Crippen molar-refractivity contribution in [3.8, 4) is 0 Å². The van der Waals surface area contributed by atoms with Crippen LogP contribution in [0.3, 0.4) is 0 Å². The number of nitrogens with one attached hydrogen (secondary N) is 1. The summed E-state index contributed by atoms with van der Waals surface area (Å²) in [5.74, 6) is -1.43. The summed E-state index contributed by atoms with van der Waals surface area (Å²) < 4.78 is 0. The number of anilines is 2. The highest BCUT2D eigenvalue weighted by atomic mass is 16.2. The molecule has 4 aliphatic rings. The van der Waals surface area contributed by atoms with Gasteiger partial charge in [-0.25, -0.2) is 4.90 Å². The first kappa shape index (κ1) is 23.6. The lowest BCUT2D eigenvalue weighted by Gasteiger charge is -2.51. The SMILES string of the molecule is Cc1ccc(NC(=O)c2ccc(N3C(=O)[C@@H]4C5c6ccccc6C(c6ccccc65)[C@@]4(C)C3=O)cc2)cc1C. The number of benzene rings is 4. The minimum absolute atomic E-state index is 0.170. The zero-order chi connectivity index (χ0) is 27.1. The molecular weight excluding hydrogens is 484 g/mol. The fourth-order valence-electron chi connectivity index (χ4n) is 7.14. The van der Waals surface area contributed by atoms with Crippen molar-refractivity contribution in [2.75, 3.05) is 10.2 Å². The van der Waals surface area contributed by atoms with Gasteiger partial charge >= 0.3 is 0 Å². The van der Waals surface area contributed by atoms with Gasteiger partial charge in [-0.2, -0.15) is 0 Å². The van der Waals surface area contributed by atoms with Gasteiger partial charge < -0.3 is 5.32 Å². The molecule has 0 saturated carbocycles. The van der Waals surface area contributed by atoms with Crippen molar-refractivity contribution in [2.45, 2.75) is 32.6 Å². The number of aryl methyl sites for hydroxylation is 2. The molecule has 2 bridgehead atoms. The predicted molar refractivity (Wildman–Crippen MR) is 151 cm³/mol. The van der Waals surface area contributed by atoms with E-state index in [4.69, 9.17) is 0 Å². The molecule has 1 aliphatic heterocycles. The van der Waals surface area contributed by atoms with Crippen LogP contribution in [0.5, 0.6) is 0 Å². The number of nitrogens with zero attached hydrogens (tertiary/aromatic N) is 1. The standard InChI is InChI=1S/C34H28N2O3/c1-19-12-15-22(18-20(19)2)35-31(37)21-13-16-23(17-14-21)36-32(38)30-28-24-8-4-6-10-26(24)29(34(30,3)33(36)39)27-11-7-5-9-25(27)28/h4-18,28-30H,1-3H3,(H,35,37)/t28?,29?,30-,34+/m0/s1. The van der Waals surface area contributed by atoms with Gasteiger partial charge in [0.2, 0.25) is 11.8 Å². The Morgan fingerprint density at radius 2 is 1.36 bits per heavy atom. The summed E-state index contributed by atoms with van der Waals surface area (Å²) >= 11 is 0. The molecule has 0 spiro atoms. The van der Waals surface area contributed by atoms with E-state index in [1.165, 1.54) is 4.90 Å².